The smallest absolute Gasteiger partial charge is 0.355 e. The van der Waals surface area contributed by atoms with E-state index in [2.05, 4.69) is 5.32 Å². The molecule has 2 aromatic rings. The van der Waals surface area contributed by atoms with Gasteiger partial charge in [-0.1, -0.05) is 13.8 Å². The third-order valence-corrected chi connectivity index (χ3v) is 6.55. The maximum absolute atomic E-state index is 12.6. The number of nitro groups is 1. The van der Waals surface area contributed by atoms with Crippen LogP contribution in [0.25, 0.3) is 0 Å². The Hall–Kier alpha value is -3.25. The van der Waals surface area contributed by atoms with Crippen LogP contribution in [0.1, 0.15) is 31.3 Å². The van der Waals surface area contributed by atoms with E-state index < -0.39 is 32.9 Å². The molecule has 2 rings (SSSR count). The molecule has 1 amide bonds. The van der Waals surface area contributed by atoms with Crippen LogP contribution in [-0.2, 0) is 26.6 Å². The molecule has 0 radical (unpaired) electrons. The van der Waals surface area contributed by atoms with Gasteiger partial charge in [-0.25, -0.2) is 13.2 Å². The molecule has 11 nitrogen and oxygen atoms in total. The van der Waals surface area contributed by atoms with E-state index in [1.54, 1.807) is 13.8 Å². The first-order chi connectivity index (χ1) is 14.5. The highest BCUT2D eigenvalue weighted by Crippen LogP contribution is 2.20. The zero-order chi connectivity index (χ0) is 23.3. The Kier molecular flexibility index (Phi) is 7.52. The van der Waals surface area contributed by atoms with Crippen molar-refractivity contribution in [1.82, 2.24) is 8.87 Å². The molecule has 0 spiro atoms. The Morgan fingerprint density at radius 1 is 1.23 bits per heavy atom. The number of ether oxygens (including phenoxy) is 1. The lowest BCUT2D eigenvalue weighted by atomic mass is 10.2. The molecule has 0 aliphatic heterocycles. The number of esters is 1. The maximum atomic E-state index is 12.6. The predicted octanol–water partition coefficient (Wildman–Crippen LogP) is 2.15. The van der Waals surface area contributed by atoms with E-state index in [1.807, 2.05) is 0 Å². The standard InChI is InChI=1S/C19H24N4O7S/c1-5-22(6-2)31(28,29)16-11-17(21(4)12-16)19(25)30-13(3)18(24)20-14-7-9-15(10-8-14)23(26)27/h7-13H,5-6H2,1-4H3,(H,20,24). The van der Waals surface area contributed by atoms with Gasteiger partial charge in [0.25, 0.3) is 11.6 Å². The number of hydrogen-bond acceptors (Lipinski definition) is 7. The number of benzene rings is 1. The van der Waals surface area contributed by atoms with E-state index in [9.17, 15) is 28.1 Å². The summed E-state index contributed by atoms with van der Waals surface area (Å²) in [7, 11) is -2.25. The monoisotopic (exact) mass is 452 g/mol. The van der Waals surface area contributed by atoms with E-state index in [-0.39, 0.29) is 29.4 Å². The number of sulfonamides is 1. The Balaban J connectivity index is 2.09. The van der Waals surface area contributed by atoms with Crippen LogP contribution < -0.4 is 5.32 Å². The number of nitrogens with one attached hydrogen (secondary N) is 1. The first-order valence-electron chi connectivity index (χ1n) is 9.44. The van der Waals surface area contributed by atoms with Crippen molar-refractivity contribution in [2.75, 3.05) is 18.4 Å². The van der Waals surface area contributed by atoms with E-state index in [4.69, 9.17) is 4.74 Å². The summed E-state index contributed by atoms with van der Waals surface area (Å²) in [5.41, 5.74) is 0.141. The molecule has 0 aliphatic rings. The van der Waals surface area contributed by atoms with Crippen molar-refractivity contribution in [3.8, 4) is 0 Å². The molecule has 1 heterocycles. The third kappa shape index (κ3) is 5.47. The van der Waals surface area contributed by atoms with Gasteiger partial charge in [0.2, 0.25) is 10.0 Å². The largest absolute Gasteiger partial charge is 0.448 e. The Morgan fingerprint density at radius 2 is 1.81 bits per heavy atom. The minimum atomic E-state index is -3.75. The van der Waals surface area contributed by atoms with Gasteiger partial charge in [-0.05, 0) is 25.1 Å². The van der Waals surface area contributed by atoms with Gasteiger partial charge < -0.3 is 14.6 Å². The van der Waals surface area contributed by atoms with Crippen molar-refractivity contribution < 1.29 is 27.7 Å². The summed E-state index contributed by atoms with van der Waals surface area (Å²) in [6, 6.07) is 6.37. The summed E-state index contributed by atoms with van der Waals surface area (Å²) in [6.07, 6.45) is 0.117. The van der Waals surface area contributed by atoms with Crippen molar-refractivity contribution >= 4 is 33.3 Å². The van der Waals surface area contributed by atoms with Crippen molar-refractivity contribution in [3.05, 3.63) is 52.3 Å². The number of aryl methyl sites for hydroxylation is 1. The van der Waals surface area contributed by atoms with Gasteiger partial charge in [0.1, 0.15) is 10.6 Å². The molecule has 1 aromatic carbocycles. The number of aromatic nitrogens is 1. The maximum Gasteiger partial charge on any atom is 0.355 e. The average Bonchev–Trinajstić information content (AvgIpc) is 3.11. The van der Waals surface area contributed by atoms with Gasteiger partial charge in [-0.2, -0.15) is 4.31 Å². The SMILES string of the molecule is CCN(CC)S(=O)(=O)c1cc(C(=O)OC(C)C(=O)Nc2ccc([N+](=O)[O-])cc2)n(C)c1. The zero-order valence-corrected chi connectivity index (χ0v) is 18.4. The molecule has 1 N–H and O–H groups in total. The first kappa shape index (κ1) is 24.0. The summed E-state index contributed by atoms with van der Waals surface area (Å²) in [4.78, 5) is 34.8. The van der Waals surface area contributed by atoms with E-state index in [0.29, 0.717) is 5.69 Å². The van der Waals surface area contributed by atoms with Crippen molar-refractivity contribution in [1.29, 1.82) is 0 Å². The van der Waals surface area contributed by atoms with Crippen molar-refractivity contribution in [2.24, 2.45) is 7.05 Å². The predicted molar refractivity (Wildman–Crippen MR) is 112 cm³/mol. The summed E-state index contributed by atoms with van der Waals surface area (Å²) in [5.74, 6) is -1.51. The third-order valence-electron chi connectivity index (χ3n) is 4.53. The molecular formula is C19H24N4O7S. The van der Waals surface area contributed by atoms with Gasteiger partial charge >= 0.3 is 5.97 Å². The van der Waals surface area contributed by atoms with Gasteiger partial charge in [0, 0.05) is 44.2 Å². The fourth-order valence-corrected chi connectivity index (χ4v) is 4.31. The molecule has 0 bridgehead atoms. The van der Waals surface area contributed by atoms with E-state index in [1.165, 1.54) is 59.4 Å². The van der Waals surface area contributed by atoms with Crippen LogP contribution in [0.4, 0.5) is 11.4 Å². The van der Waals surface area contributed by atoms with Crippen LogP contribution >= 0.6 is 0 Å². The topological polar surface area (TPSA) is 141 Å². The molecule has 0 saturated carbocycles. The highest BCUT2D eigenvalue weighted by Gasteiger charge is 2.27. The number of amides is 1. The molecule has 1 atom stereocenters. The van der Waals surface area contributed by atoms with Crippen LogP contribution in [0.2, 0.25) is 0 Å². The molecule has 1 aromatic heterocycles. The van der Waals surface area contributed by atoms with Crippen LogP contribution in [0.15, 0.2) is 41.4 Å². The number of rotatable bonds is 9. The van der Waals surface area contributed by atoms with Crippen LogP contribution in [0.5, 0.6) is 0 Å². The molecule has 0 fully saturated rings. The Morgan fingerprint density at radius 3 is 2.32 bits per heavy atom. The van der Waals surface area contributed by atoms with E-state index >= 15 is 0 Å². The number of nitrogens with zero attached hydrogens (tertiary/aromatic N) is 3. The van der Waals surface area contributed by atoms with Crippen molar-refractivity contribution in [2.45, 2.75) is 31.8 Å². The molecule has 12 heteroatoms. The molecule has 31 heavy (non-hydrogen) atoms. The lowest BCUT2D eigenvalue weighted by molar-refractivity contribution is -0.384. The number of hydrogen-bond donors (Lipinski definition) is 1. The average molecular weight is 452 g/mol. The first-order valence-corrected chi connectivity index (χ1v) is 10.9. The number of nitro benzene ring substituents is 1. The number of anilines is 1. The molecular weight excluding hydrogens is 428 g/mol. The lowest BCUT2D eigenvalue weighted by Gasteiger charge is -2.17. The minimum absolute atomic E-state index is 0.0271. The van der Waals surface area contributed by atoms with Crippen LogP contribution in [0.3, 0.4) is 0 Å². The van der Waals surface area contributed by atoms with Crippen LogP contribution in [0, 0.1) is 10.1 Å². The molecule has 168 valence electrons. The second-order valence-corrected chi connectivity index (χ2v) is 8.54. The van der Waals surface area contributed by atoms with Gasteiger partial charge in [-0.3, -0.25) is 14.9 Å². The lowest BCUT2D eigenvalue weighted by Crippen LogP contribution is -2.30. The molecule has 0 saturated heterocycles. The number of non-ortho nitro benzene ring substituents is 1. The highest BCUT2D eigenvalue weighted by molar-refractivity contribution is 7.89. The highest BCUT2D eigenvalue weighted by atomic mass is 32.2. The Labute approximate surface area is 179 Å². The van der Waals surface area contributed by atoms with Gasteiger partial charge in [-0.15, -0.1) is 0 Å². The van der Waals surface area contributed by atoms with Gasteiger partial charge in [0.15, 0.2) is 6.10 Å². The number of carbonyl (C=O) groups excluding carboxylic acids is 2. The summed E-state index contributed by atoms with van der Waals surface area (Å²) < 4.78 is 33.0. The minimum Gasteiger partial charge on any atom is -0.448 e. The van der Waals surface area contributed by atoms with E-state index in [0.717, 1.165) is 0 Å². The van der Waals surface area contributed by atoms with Gasteiger partial charge in [0.05, 0.1) is 4.92 Å². The summed E-state index contributed by atoms with van der Waals surface area (Å²) in [6.45, 7) is 5.35. The Bertz CT molecular complexity index is 1070. The second kappa shape index (κ2) is 9.71. The molecule has 1 unspecified atom stereocenters. The zero-order valence-electron chi connectivity index (χ0n) is 17.6. The number of carbonyl (C=O) groups is 2. The van der Waals surface area contributed by atoms with Crippen LogP contribution in [-0.4, -0.2) is 53.3 Å². The summed E-state index contributed by atoms with van der Waals surface area (Å²) >= 11 is 0. The second-order valence-electron chi connectivity index (χ2n) is 6.60. The normalized spacial score (nSPS) is 12.4. The fourth-order valence-electron chi connectivity index (χ4n) is 2.78. The molecule has 0 aliphatic carbocycles. The summed E-state index contributed by atoms with van der Waals surface area (Å²) in [5, 5.41) is 13.2. The quantitative estimate of drug-likeness (QED) is 0.349. The van der Waals surface area contributed by atoms with Crippen molar-refractivity contribution in [3.63, 3.8) is 0 Å². The fraction of sp³-hybridized carbons (Fsp3) is 0.368.